The van der Waals surface area contributed by atoms with Gasteiger partial charge in [0.25, 0.3) is 0 Å². The summed E-state index contributed by atoms with van der Waals surface area (Å²) in [4.78, 5) is 23.7. The fourth-order valence-electron chi connectivity index (χ4n) is 2.86. The van der Waals surface area contributed by atoms with Gasteiger partial charge >= 0.3 is 6.03 Å². The molecule has 1 aromatic carbocycles. The van der Waals surface area contributed by atoms with Crippen molar-refractivity contribution in [3.05, 3.63) is 30.3 Å². The molecule has 1 fully saturated rings. The van der Waals surface area contributed by atoms with Gasteiger partial charge in [0.1, 0.15) is 0 Å². The quantitative estimate of drug-likeness (QED) is 0.800. The topological polar surface area (TPSA) is 88.9 Å². The van der Waals surface area contributed by atoms with Crippen LogP contribution in [0.15, 0.2) is 35.5 Å². The van der Waals surface area contributed by atoms with Crippen molar-refractivity contribution in [1.82, 2.24) is 25.4 Å². The molecule has 3 rings (SSSR count). The normalized spacial score (nSPS) is 14.4. The second-order valence-corrected chi connectivity index (χ2v) is 6.97. The molecular weight excluding hydrogens is 338 g/mol. The van der Waals surface area contributed by atoms with Gasteiger partial charge in [-0.3, -0.25) is 10.1 Å². The van der Waals surface area contributed by atoms with Gasteiger partial charge in [0.2, 0.25) is 5.91 Å². The third kappa shape index (κ3) is 4.60. The molecule has 3 amide bonds. The SMILES string of the molecule is Cn1c(SCC(=O)NC(=O)NC2CCCC2)nnc1-c1ccccc1. The molecule has 0 spiro atoms. The van der Waals surface area contributed by atoms with Crippen molar-refractivity contribution in [3.63, 3.8) is 0 Å². The van der Waals surface area contributed by atoms with Gasteiger partial charge in [-0.15, -0.1) is 10.2 Å². The number of nitrogens with one attached hydrogen (secondary N) is 2. The highest BCUT2D eigenvalue weighted by molar-refractivity contribution is 7.99. The van der Waals surface area contributed by atoms with E-state index in [2.05, 4.69) is 20.8 Å². The van der Waals surface area contributed by atoms with Gasteiger partial charge in [0, 0.05) is 18.7 Å². The predicted molar refractivity (Wildman–Crippen MR) is 96.1 cm³/mol. The number of rotatable bonds is 5. The largest absolute Gasteiger partial charge is 0.335 e. The van der Waals surface area contributed by atoms with E-state index in [1.807, 2.05) is 41.9 Å². The number of thioether (sulfide) groups is 1. The number of urea groups is 1. The van der Waals surface area contributed by atoms with Crippen LogP contribution in [0, 0.1) is 0 Å². The summed E-state index contributed by atoms with van der Waals surface area (Å²) in [6, 6.07) is 9.50. The minimum absolute atomic E-state index is 0.110. The van der Waals surface area contributed by atoms with Crippen LogP contribution in [-0.2, 0) is 11.8 Å². The zero-order valence-corrected chi connectivity index (χ0v) is 14.9. The molecule has 1 heterocycles. The number of benzene rings is 1. The fourth-order valence-corrected chi connectivity index (χ4v) is 3.57. The predicted octanol–water partition coefficient (Wildman–Crippen LogP) is 2.34. The number of hydrogen-bond donors (Lipinski definition) is 2. The van der Waals surface area contributed by atoms with Crippen LogP contribution in [0.2, 0.25) is 0 Å². The molecule has 132 valence electrons. The lowest BCUT2D eigenvalue weighted by Gasteiger charge is -2.12. The van der Waals surface area contributed by atoms with Crippen LogP contribution >= 0.6 is 11.8 Å². The molecule has 1 aliphatic rings. The monoisotopic (exact) mass is 359 g/mol. The molecule has 0 bridgehead atoms. The van der Waals surface area contributed by atoms with Crippen LogP contribution in [0.5, 0.6) is 0 Å². The van der Waals surface area contributed by atoms with Crippen LogP contribution in [0.1, 0.15) is 25.7 Å². The maximum Gasteiger partial charge on any atom is 0.321 e. The number of hydrogen-bond acceptors (Lipinski definition) is 5. The average Bonchev–Trinajstić information content (AvgIpc) is 3.23. The van der Waals surface area contributed by atoms with Crippen molar-refractivity contribution in [3.8, 4) is 11.4 Å². The maximum atomic E-state index is 11.9. The van der Waals surface area contributed by atoms with Crippen LogP contribution in [0.3, 0.4) is 0 Å². The summed E-state index contributed by atoms with van der Waals surface area (Å²) < 4.78 is 1.84. The van der Waals surface area contributed by atoms with Crippen LogP contribution in [0.4, 0.5) is 4.79 Å². The van der Waals surface area contributed by atoms with Gasteiger partial charge in [0.05, 0.1) is 5.75 Å². The first-order valence-corrected chi connectivity index (χ1v) is 9.30. The van der Waals surface area contributed by atoms with E-state index in [4.69, 9.17) is 0 Å². The van der Waals surface area contributed by atoms with E-state index in [-0.39, 0.29) is 17.7 Å². The lowest BCUT2D eigenvalue weighted by atomic mass is 10.2. The Morgan fingerprint density at radius 2 is 1.92 bits per heavy atom. The van der Waals surface area contributed by atoms with E-state index in [9.17, 15) is 9.59 Å². The highest BCUT2D eigenvalue weighted by Gasteiger charge is 2.19. The Morgan fingerprint density at radius 3 is 2.64 bits per heavy atom. The summed E-state index contributed by atoms with van der Waals surface area (Å²) in [5.74, 6) is 0.506. The van der Waals surface area contributed by atoms with Gasteiger partial charge in [-0.1, -0.05) is 54.9 Å². The number of nitrogens with zero attached hydrogens (tertiary/aromatic N) is 3. The molecule has 8 heteroatoms. The zero-order valence-electron chi connectivity index (χ0n) is 14.1. The molecule has 1 aliphatic carbocycles. The Kier molecular flexibility index (Phi) is 5.70. The standard InChI is InChI=1S/C17H21N5O2S/c1-22-15(12-7-3-2-4-8-12)20-21-17(22)25-11-14(23)19-16(24)18-13-9-5-6-10-13/h2-4,7-8,13H,5-6,9-11H2,1H3,(H2,18,19,23,24). The lowest BCUT2D eigenvalue weighted by molar-refractivity contribution is -0.117. The van der Waals surface area contributed by atoms with Crippen molar-refractivity contribution in [2.45, 2.75) is 36.9 Å². The number of imide groups is 1. The summed E-state index contributed by atoms with van der Waals surface area (Å²) in [6.45, 7) is 0. The number of carbonyl (C=O) groups excluding carboxylic acids is 2. The first kappa shape index (κ1) is 17.5. The molecule has 2 N–H and O–H groups in total. The zero-order chi connectivity index (χ0) is 17.6. The van der Waals surface area contributed by atoms with Crippen molar-refractivity contribution < 1.29 is 9.59 Å². The maximum absolute atomic E-state index is 11.9. The molecule has 0 radical (unpaired) electrons. The third-order valence-corrected chi connectivity index (χ3v) is 5.16. The van der Waals surface area contributed by atoms with Crippen molar-refractivity contribution in [2.75, 3.05) is 5.75 Å². The molecule has 0 saturated heterocycles. The summed E-state index contributed by atoms with van der Waals surface area (Å²) in [5.41, 5.74) is 0.963. The van der Waals surface area contributed by atoms with E-state index >= 15 is 0 Å². The molecule has 1 saturated carbocycles. The van der Waals surface area contributed by atoms with Gasteiger partial charge in [-0.05, 0) is 12.8 Å². The van der Waals surface area contributed by atoms with E-state index < -0.39 is 6.03 Å². The summed E-state index contributed by atoms with van der Waals surface area (Å²) in [6.07, 6.45) is 4.23. The minimum atomic E-state index is -0.416. The third-order valence-electron chi connectivity index (χ3n) is 4.14. The second-order valence-electron chi connectivity index (χ2n) is 6.02. The number of aromatic nitrogens is 3. The highest BCUT2D eigenvalue weighted by atomic mass is 32.2. The average molecular weight is 359 g/mol. The van der Waals surface area contributed by atoms with E-state index in [0.29, 0.717) is 5.16 Å². The van der Waals surface area contributed by atoms with Crippen LogP contribution in [0.25, 0.3) is 11.4 Å². The summed E-state index contributed by atoms with van der Waals surface area (Å²) in [5, 5.41) is 14.1. The molecule has 0 aliphatic heterocycles. The Bertz CT molecular complexity index is 741. The molecular formula is C17H21N5O2S. The van der Waals surface area contributed by atoms with Gasteiger partial charge in [-0.2, -0.15) is 0 Å². The van der Waals surface area contributed by atoms with Gasteiger partial charge < -0.3 is 9.88 Å². The fraction of sp³-hybridized carbons (Fsp3) is 0.412. The highest BCUT2D eigenvalue weighted by Crippen LogP contribution is 2.22. The van der Waals surface area contributed by atoms with Crippen LogP contribution in [-0.4, -0.2) is 38.5 Å². The van der Waals surface area contributed by atoms with E-state index in [1.165, 1.54) is 11.8 Å². The van der Waals surface area contributed by atoms with E-state index in [1.54, 1.807) is 0 Å². The summed E-state index contributed by atoms with van der Waals surface area (Å²) >= 11 is 1.25. The molecule has 1 aromatic heterocycles. The first-order chi connectivity index (χ1) is 12.1. The molecule has 7 nitrogen and oxygen atoms in total. The Morgan fingerprint density at radius 1 is 1.20 bits per heavy atom. The smallest absolute Gasteiger partial charge is 0.321 e. The first-order valence-electron chi connectivity index (χ1n) is 8.31. The van der Waals surface area contributed by atoms with Crippen molar-refractivity contribution in [1.29, 1.82) is 0 Å². The molecule has 0 unspecified atom stereocenters. The lowest BCUT2D eigenvalue weighted by Crippen LogP contribution is -2.44. The molecule has 0 atom stereocenters. The van der Waals surface area contributed by atoms with Gasteiger partial charge in [-0.25, -0.2) is 4.79 Å². The summed E-state index contributed by atoms with van der Waals surface area (Å²) in [7, 11) is 1.86. The van der Waals surface area contributed by atoms with Crippen LogP contribution < -0.4 is 10.6 Å². The second kappa shape index (κ2) is 8.15. The van der Waals surface area contributed by atoms with Gasteiger partial charge in [0.15, 0.2) is 11.0 Å². The molecule has 25 heavy (non-hydrogen) atoms. The Labute approximate surface area is 150 Å². The minimum Gasteiger partial charge on any atom is -0.335 e. The van der Waals surface area contributed by atoms with Crippen molar-refractivity contribution >= 4 is 23.7 Å². The van der Waals surface area contributed by atoms with E-state index in [0.717, 1.165) is 37.1 Å². The molecule has 2 aromatic rings. The Balaban J connectivity index is 1.50. The van der Waals surface area contributed by atoms with Crippen molar-refractivity contribution in [2.24, 2.45) is 7.05 Å². The Hall–Kier alpha value is -2.35. The number of carbonyl (C=O) groups is 2. The number of amides is 3.